The second-order valence-electron chi connectivity index (χ2n) is 4.40. The summed E-state index contributed by atoms with van der Waals surface area (Å²) in [5.74, 6) is 0.901. The van der Waals surface area contributed by atoms with Gasteiger partial charge in [-0.15, -0.1) is 0 Å². The number of carbonyl (C=O) groups is 1. The van der Waals surface area contributed by atoms with Crippen molar-refractivity contribution in [2.24, 2.45) is 0 Å². The first-order chi connectivity index (χ1) is 10.6. The number of methoxy groups -OCH3 is 1. The summed E-state index contributed by atoms with van der Waals surface area (Å²) in [6, 6.07) is 11.9. The van der Waals surface area contributed by atoms with Crippen LogP contribution in [-0.2, 0) is 0 Å². The number of carbonyl (C=O) groups excluding carboxylic acids is 1. The Labute approximate surface area is 138 Å². The molecule has 0 atom stereocenters. The number of nitrogens with one attached hydrogen (secondary N) is 1. The molecular formula is C16H15Cl2NO3. The zero-order chi connectivity index (χ0) is 15.9. The SMILES string of the molecule is COc1ccc(Cl)cc1C(=O)NCCOc1ccc(Cl)cc1. The van der Waals surface area contributed by atoms with Crippen LogP contribution in [0.25, 0.3) is 0 Å². The predicted octanol–water partition coefficient (Wildman–Crippen LogP) is 3.81. The average Bonchev–Trinajstić information content (AvgIpc) is 2.53. The molecular weight excluding hydrogens is 325 g/mol. The van der Waals surface area contributed by atoms with Crippen LogP contribution in [0.2, 0.25) is 10.0 Å². The molecule has 0 aliphatic rings. The van der Waals surface area contributed by atoms with E-state index in [2.05, 4.69) is 5.32 Å². The van der Waals surface area contributed by atoms with Gasteiger partial charge in [0.15, 0.2) is 0 Å². The molecule has 0 fully saturated rings. The molecule has 1 N–H and O–H groups in total. The van der Waals surface area contributed by atoms with Crippen molar-refractivity contribution in [2.75, 3.05) is 20.3 Å². The summed E-state index contributed by atoms with van der Waals surface area (Å²) in [4.78, 5) is 12.1. The van der Waals surface area contributed by atoms with Gasteiger partial charge in [0.1, 0.15) is 18.1 Å². The van der Waals surface area contributed by atoms with Crippen molar-refractivity contribution >= 4 is 29.1 Å². The standard InChI is InChI=1S/C16H15Cl2NO3/c1-21-15-7-4-12(18)10-14(15)16(20)19-8-9-22-13-5-2-11(17)3-6-13/h2-7,10H,8-9H2,1H3,(H,19,20). The fourth-order valence-corrected chi connectivity index (χ4v) is 2.12. The number of hydrogen-bond acceptors (Lipinski definition) is 3. The second-order valence-corrected chi connectivity index (χ2v) is 5.28. The fourth-order valence-electron chi connectivity index (χ4n) is 1.82. The van der Waals surface area contributed by atoms with Gasteiger partial charge in [-0.25, -0.2) is 0 Å². The lowest BCUT2D eigenvalue weighted by molar-refractivity contribution is 0.0944. The van der Waals surface area contributed by atoms with Crippen LogP contribution >= 0.6 is 23.2 Å². The van der Waals surface area contributed by atoms with Crippen LogP contribution in [0.15, 0.2) is 42.5 Å². The maximum atomic E-state index is 12.1. The molecule has 0 radical (unpaired) electrons. The summed E-state index contributed by atoms with van der Waals surface area (Å²) in [6.45, 7) is 0.702. The van der Waals surface area contributed by atoms with Crippen LogP contribution in [-0.4, -0.2) is 26.2 Å². The molecule has 0 aliphatic carbocycles. The Morgan fingerprint density at radius 1 is 1.09 bits per heavy atom. The summed E-state index contributed by atoms with van der Waals surface area (Å²) in [7, 11) is 1.50. The molecule has 116 valence electrons. The van der Waals surface area contributed by atoms with Gasteiger partial charge in [-0.2, -0.15) is 0 Å². The Kier molecular flexibility index (Phi) is 5.92. The summed E-state index contributed by atoms with van der Waals surface area (Å²) < 4.78 is 10.6. The lowest BCUT2D eigenvalue weighted by atomic mass is 10.2. The van der Waals surface area contributed by atoms with Crippen LogP contribution in [0.4, 0.5) is 0 Å². The highest BCUT2D eigenvalue weighted by atomic mass is 35.5. The quantitative estimate of drug-likeness (QED) is 0.814. The third-order valence-corrected chi connectivity index (χ3v) is 3.36. The molecule has 0 saturated heterocycles. The number of benzene rings is 2. The predicted molar refractivity (Wildman–Crippen MR) is 87.3 cm³/mol. The van der Waals surface area contributed by atoms with E-state index in [9.17, 15) is 4.79 Å². The molecule has 0 spiro atoms. The largest absolute Gasteiger partial charge is 0.496 e. The lowest BCUT2D eigenvalue weighted by Crippen LogP contribution is -2.28. The van der Waals surface area contributed by atoms with Gasteiger partial charge >= 0.3 is 0 Å². The molecule has 22 heavy (non-hydrogen) atoms. The summed E-state index contributed by atoms with van der Waals surface area (Å²) in [5, 5.41) is 3.88. The first kappa shape index (κ1) is 16.5. The number of rotatable bonds is 6. The number of hydrogen-bond donors (Lipinski definition) is 1. The van der Waals surface area contributed by atoms with Crippen molar-refractivity contribution in [3.05, 3.63) is 58.1 Å². The molecule has 2 rings (SSSR count). The highest BCUT2D eigenvalue weighted by molar-refractivity contribution is 6.31. The van der Waals surface area contributed by atoms with Crippen LogP contribution in [0.5, 0.6) is 11.5 Å². The average molecular weight is 340 g/mol. The molecule has 6 heteroatoms. The molecule has 4 nitrogen and oxygen atoms in total. The molecule has 0 aliphatic heterocycles. The van der Waals surface area contributed by atoms with Crippen molar-refractivity contribution in [1.29, 1.82) is 0 Å². The van der Waals surface area contributed by atoms with Crippen molar-refractivity contribution in [3.63, 3.8) is 0 Å². The van der Waals surface area contributed by atoms with E-state index in [-0.39, 0.29) is 5.91 Å². The van der Waals surface area contributed by atoms with E-state index in [4.69, 9.17) is 32.7 Å². The number of ether oxygens (including phenoxy) is 2. The van der Waals surface area contributed by atoms with Crippen molar-refractivity contribution < 1.29 is 14.3 Å². The smallest absolute Gasteiger partial charge is 0.255 e. The molecule has 0 heterocycles. The Morgan fingerprint density at radius 2 is 1.77 bits per heavy atom. The summed E-state index contributed by atoms with van der Waals surface area (Å²) >= 11 is 11.7. The van der Waals surface area contributed by atoms with Gasteiger partial charge in [-0.3, -0.25) is 4.79 Å². The lowest BCUT2D eigenvalue weighted by Gasteiger charge is -2.10. The topological polar surface area (TPSA) is 47.6 Å². The summed E-state index contributed by atoms with van der Waals surface area (Å²) in [6.07, 6.45) is 0. The van der Waals surface area contributed by atoms with E-state index in [1.165, 1.54) is 7.11 Å². The molecule has 0 saturated carbocycles. The maximum absolute atomic E-state index is 12.1. The van der Waals surface area contributed by atoms with E-state index in [0.717, 1.165) is 0 Å². The third-order valence-electron chi connectivity index (χ3n) is 2.88. The molecule has 0 bridgehead atoms. The van der Waals surface area contributed by atoms with Crippen LogP contribution < -0.4 is 14.8 Å². The van der Waals surface area contributed by atoms with Gasteiger partial charge in [-0.05, 0) is 42.5 Å². The first-order valence-electron chi connectivity index (χ1n) is 6.60. The van der Waals surface area contributed by atoms with E-state index in [0.29, 0.717) is 40.3 Å². The normalized spacial score (nSPS) is 10.1. The van der Waals surface area contributed by atoms with E-state index < -0.39 is 0 Å². The molecule has 2 aromatic carbocycles. The van der Waals surface area contributed by atoms with Gasteiger partial charge in [-0.1, -0.05) is 23.2 Å². The summed E-state index contributed by atoms with van der Waals surface area (Å²) in [5.41, 5.74) is 0.390. The third kappa shape index (κ3) is 4.55. The minimum Gasteiger partial charge on any atom is -0.496 e. The van der Waals surface area contributed by atoms with Crippen LogP contribution in [0, 0.1) is 0 Å². The van der Waals surface area contributed by atoms with E-state index in [1.807, 2.05) is 0 Å². The van der Waals surface area contributed by atoms with E-state index in [1.54, 1.807) is 42.5 Å². The van der Waals surface area contributed by atoms with Gasteiger partial charge in [0.25, 0.3) is 5.91 Å². The Balaban J connectivity index is 1.85. The zero-order valence-corrected chi connectivity index (χ0v) is 13.4. The van der Waals surface area contributed by atoms with Crippen molar-refractivity contribution in [1.82, 2.24) is 5.32 Å². The fraction of sp³-hybridized carbons (Fsp3) is 0.188. The maximum Gasteiger partial charge on any atom is 0.255 e. The highest BCUT2D eigenvalue weighted by Crippen LogP contribution is 2.22. The first-order valence-corrected chi connectivity index (χ1v) is 7.36. The second kappa shape index (κ2) is 7.92. The van der Waals surface area contributed by atoms with Crippen molar-refractivity contribution in [3.8, 4) is 11.5 Å². The molecule has 0 aromatic heterocycles. The number of amides is 1. The number of halogens is 2. The van der Waals surface area contributed by atoms with Crippen molar-refractivity contribution in [2.45, 2.75) is 0 Å². The van der Waals surface area contributed by atoms with Crippen LogP contribution in [0.3, 0.4) is 0 Å². The Hall–Kier alpha value is -1.91. The Morgan fingerprint density at radius 3 is 2.45 bits per heavy atom. The van der Waals surface area contributed by atoms with Gasteiger partial charge in [0, 0.05) is 10.0 Å². The van der Waals surface area contributed by atoms with Gasteiger partial charge < -0.3 is 14.8 Å². The monoisotopic (exact) mass is 339 g/mol. The molecule has 2 aromatic rings. The van der Waals surface area contributed by atoms with Gasteiger partial charge in [0.2, 0.25) is 0 Å². The van der Waals surface area contributed by atoms with E-state index >= 15 is 0 Å². The van der Waals surface area contributed by atoms with Gasteiger partial charge in [0.05, 0.1) is 19.2 Å². The molecule has 1 amide bonds. The minimum atomic E-state index is -0.265. The zero-order valence-electron chi connectivity index (χ0n) is 11.9. The Bertz CT molecular complexity index is 644. The molecule has 0 unspecified atom stereocenters. The van der Waals surface area contributed by atoms with Crippen LogP contribution in [0.1, 0.15) is 10.4 Å². The minimum absolute atomic E-state index is 0.265. The highest BCUT2D eigenvalue weighted by Gasteiger charge is 2.12.